The van der Waals surface area contributed by atoms with Crippen LogP contribution < -0.4 is 10.6 Å². The number of carbonyl (C=O) groups excluding carboxylic acids is 2. The zero-order valence-corrected chi connectivity index (χ0v) is 24.7. The number of hydrogen-bond donors (Lipinski definition) is 2. The van der Waals surface area contributed by atoms with Gasteiger partial charge < -0.3 is 15.5 Å². The maximum absolute atomic E-state index is 14.0. The van der Waals surface area contributed by atoms with E-state index in [9.17, 15) is 9.59 Å². The summed E-state index contributed by atoms with van der Waals surface area (Å²) in [5.74, 6) is -0.218. The molecule has 0 radical (unpaired) electrons. The van der Waals surface area contributed by atoms with Gasteiger partial charge in [0.2, 0.25) is 11.8 Å². The Balaban J connectivity index is 1.14. The summed E-state index contributed by atoms with van der Waals surface area (Å²) in [6.45, 7) is 3.86. The molecule has 2 aliphatic heterocycles. The molecule has 222 valence electrons. The second-order valence-corrected chi connectivity index (χ2v) is 11.6. The van der Waals surface area contributed by atoms with Gasteiger partial charge in [-0.25, -0.2) is 4.98 Å². The number of amides is 2. The van der Waals surface area contributed by atoms with Crippen LogP contribution in [0, 0.1) is 0 Å². The fraction of sp³-hybridized carbons (Fsp3) is 0.333. The molecule has 2 N–H and O–H groups in total. The minimum absolute atomic E-state index is 0.0632. The Labute approximate surface area is 256 Å². The van der Waals surface area contributed by atoms with Crippen LogP contribution in [0.1, 0.15) is 28.3 Å². The highest BCUT2D eigenvalue weighted by atomic mass is 35.5. The van der Waals surface area contributed by atoms with Crippen molar-refractivity contribution in [2.45, 2.75) is 44.1 Å². The lowest BCUT2D eigenvalue weighted by Gasteiger charge is -2.40. The van der Waals surface area contributed by atoms with E-state index in [0.29, 0.717) is 57.1 Å². The van der Waals surface area contributed by atoms with Gasteiger partial charge in [-0.3, -0.25) is 19.2 Å². The summed E-state index contributed by atoms with van der Waals surface area (Å²) in [4.78, 5) is 35.9. The normalized spacial score (nSPS) is 18.4. The molecule has 2 amide bonds. The lowest BCUT2D eigenvalue weighted by Crippen LogP contribution is -2.58. The predicted molar refractivity (Wildman–Crippen MR) is 165 cm³/mol. The summed E-state index contributed by atoms with van der Waals surface area (Å²) in [5, 5.41) is 11.4. The van der Waals surface area contributed by atoms with E-state index in [-0.39, 0.29) is 17.9 Å². The van der Waals surface area contributed by atoms with Gasteiger partial charge in [0, 0.05) is 44.2 Å². The van der Waals surface area contributed by atoms with Crippen molar-refractivity contribution in [2.75, 3.05) is 26.2 Å². The summed E-state index contributed by atoms with van der Waals surface area (Å²) in [5.41, 5.74) is 4.51. The van der Waals surface area contributed by atoms with E-state index in [1.807, 2.05) is 64.2 Å². The van der Waals surface area contributed by atoms with Gasteiger partial charge in [0.1, 0.15) is 18.7 Å². The molecule has 3 aromatic carbocycles. The van der Waals surface area contributed by atoms with E-state index < -0.39 is 12.1 Å². The minimum Gasteiger partial charge on any atom is -0.343 e. The predicted octanol–water partition coefficient (Wildman–Crippen LogP) is 3.26. The van der Waals surface area contributed by atoms with Gasteiger partial charge in [0.15, 0.2) is 0 Å². The van der Waals surface area contributed by atoms with Gasteiger partial charge in [0.25, 0.3) is 0 Å². The highest BCUT2D eigenvalue weighted by Crippen LogP contribution is 2.25. The monoisotopic (exact) mass is 597 g/mol. The summed E-state index contributed by atoms with van der Waals surface area (Å²) in [6, 6.07) is 25.0. The molecule has 0 spiro atoms. The van der Waals surface area contributed by atoms with Crippen molar-refractivity contribution in [1.29, 1.82) is 0 Å². The Bertz CT molecular complexity index is 1510. The van der Waals surface area contributed by atoms with E-state index in [1.54, 1.807) is 12.7 Å². The molecule has 0 bridgehead atoms. The molecule has 3 atom stereocenters. The molecule has 1 unspecified atom stereocenters. The molecule has 9 nitrogen and oxygen atoms in total. The molecule has 1 saturated heterocycles. The largest absolute Gasteiger partial charge is 0.343 e. The van der Waals surface area contributed by atoms with Crippen LogP contribution in [0.15, 0.2) is 91.5 Å². The van der Waals surface area contributed by atoms with E-state index in [2.05, 4.69) is 49.9 Å². The van der Waals surface area contributed by atoms with Crippen molar-refractivity contribution in [2.24, 2.45) is 0 Å². The number of hydrogen-bond acceptors (Lipinski definition) is 6. The average molecular weight is 598 g/mol. The third-order valence-electron chi connectivity index (χ3n) is 8.44. The first kappa shape index (κ1) is 29.0. The van der Waals surface area contributed by atoms with Gasteiger partial charge in [-0.1, -0.05) is 78.3 Å². The van der Waals surface area contributed by atoms with Gasteiger partial charge in [-0.05, 0) is 40.8 Å². The number of rotatable bonds is 9. The first-order chi connectivity index (χ1) is 21.0. The van der Waals surface area contributed by atoms with Gasteiger partial charge >= 0.3 is 0 Å². The van der Waals surface area contributed by atoms with Crippen molar-refractivity contribution >= 4 is 23.4 Å². The topological polar surface area (TPSA) is 95.4 Å². The van der Waals surface area contributed by atoms with Gasteiger partial charge in [-0.2, -0.15) is 5.10 Å². The Morgan fingerprint density at radius 1 is 0.930 bits per heavy atom. The minimum atomic E-state index is -0.681. The van der Waals surface area contributed by atoms with Gasteiger partial charge in [-0.15, -0.1) is 0 Å². The highest BCUT2D eigenvalue weighted by Gasteiger charge is 2.33. The van der Waals surface area contributed by atoms with Crippen molar-refractivity contribution in [1.82, 2.24) is 35.2 Å². The highest BCUT2D eigenvalue weighted by molar-refractivity contribution is 6.30. The Morgan fingerprint density at radius 3 is 2.37 bits per heavy atom. The number of piperazine rings is 1. The summed E-state index contributed by atoms with van der Waals surface area (Å²) in [7, 11) is 0. The molecule has 6 rings (SSSR count). The van der Waals surface area contributed by atoms with Crippen LogP contribution >= 0.6 is 11.6 Å². The van der Waals surface area contributed by atoms with Crippen molar-refractivity contribution < 1.29 is 9.59 Å². The molecular formula is C33H36ClN7O2. The van der Waals surface area contributed by atoms with E-state index in [4.69, 9.17) is 11.6 Å². The number of carbonyl (C=O) groups is 2. The fourth-order valence-corrected chi connectivity index (χ4v) is 6.18. The summed E-state index contributed by atoms with van der Waals surface area (Å²) < 4.78 is 1.85. The molecule has 0 saturated carbocycles. The van der Waals surface area contributed by atoms with E-state index in [1.165, 1.54) is 11.1 Å². The third kappa shape index (κ3) is 7.13. The quantitative estimate of drug-likeness (QED) is 0.308. The molecule has 1 aromatic heterocycles. The lowest BCUT2D eigenvalue weighted by atomic mass is 9.95. The molecular weight excluding hydrogens is 562 g/mol. The second kappa shape index (κ2) is 13.5. The molecule has 10 heteroatoms. The number of nitrogens with one attached hydrogen (secondary N) is 2. The molecule has 2 aliphatic rings. The standard InChI is InChI=1S/C33H36ClN7O2/c34-28-12-10-24(11-13-28)18-30(38-32(42)29-19-26-8-4-5-9-27(26)20-36-29)33(43)40-16-14-39(15-17-40)31(21-41-23-35-22-37-41)25-6-2-1-3-7-25/h1-13,22-23,29-31,36H,14-21H2,(H,38,42)/t29-,30-,31?/m1/s1. The lowest BCUT2D eigenvalue weighted by molar-refractivity contribution is -0.138. The van der Waals surface area contributed by atoms with Crippen LogP contribution in [-0.2, 0) is 35.5 Å². The van der Waals surface area contributed by atoms with Crippen LogP contribution in [0.3, 0.4) is 0 Å². The van der Waals surface area contributed by atoms with E-state index >= 15 is 0 Å². The molecule has 0 aliphatic carbocycles. The smallest absolute Gasteiger partial charge is 0.245 e. The van der Waals surface area contributed by atoms with Crippen LogP contribution in [0.5, 0.6) is 0 Å². The second-order valence-electron chi connectivity index (χ2n) is 11.2. The molecule has 3 heterocycles. The number of halogens is 1. The van der Waals surface area contributed by atoms with Crippen molar-refractivity contribution in [3.8, 4) is 0 Å². The van der Waals surface area contributed by atoms with E-state index in [0.717, 1.165) is 11.1 Å². The van der Waals surface area contributed by atoms with Crippen LogP contribution in [-0.4, -0.2) is 74.6 Å². The van der Waals surface area contributed by atoms with Crippen LogP contribution in [0.25, 0.3) is 0 Å². The number of nitrogens with zero attached hydrogens (tertiary/aromatic N) is 5. The maximum atomic E-state index is 14.0. The van der Waals surface area contributed by atoms with Crippen molar-refractivity contribution in [3.63, 3.8) is 0 Å². The zero-order chi connectivity index (χ0) is 29.6. The molecule has 4 aromatic rings. The number of benzene rings is 3. The fourth-order valence-electron chi connectivity index (χ4n) is 6.05. The van der Waals surface area contributed by atoms with Gasteiger partial charge in [0.05, 0.1) is 18.6 Å². The van der Waals surface area contributed by atoms with Crippen molar-refractivity contribution in [3.05, 3.63) is 119 Å². The SMILES string of the molecule is O=C(N[C@H](Cc1ccc(Cl)cc1)C(=O)N1CCN(C(Cn2cncn2)c2ccccc2)CC1)[C@H]1Cc2ccccc2CN1. The third-order valence-corrected chi connectivity index (χ3v) is 8.70. The molecule has 43 heavy (non-hydrogen) atoms. The summed E-state index contributed by atoms with van der Waals surface area (Å²) in [6.07, 6.45) is 4.27. The average Bonchev–Trinajstić information content (AvgIpc) is 3.58. The van der Waals surface area contributed by atoms with Crippen LogP contribution in [0.4, 0.5) is 0 Å². The molecule has 1 fully saturated rings. The zero-order valence-electron chi connectivity index (χ0n) is 24.0. The Kier molecular flexibility index (Phi) is 9.12. The maximum Gasteiger partial charge on any atom is 0.245 e. The first-order valence-electron chi connectivity index (χ1n) is 14.8. The number of aromatic nitrogens is 3. The Morgan fingerprint density at radius 2 is 1.65 bits per heavy atom. The summed E-state index contributed by atoms with van der Waals surface area (Å²) >= 11 is 6.12. The Hall–Kier alpha value is -4.05. The first-order valence-corrected chi connectivity index (χ1v) is 15.2. The van der Waals surface area contributed by atoms with Crippen LogP contribution in [0.2, 0.25) is 5.02 Å². The number of fused-ring (bicyclic) bond motifs is 1.